The maximum Gasteiger partial charge on any atom is 0.387 e. The van der Waals surface area contributed by atoms with Crippen molar-refractivity contribution in [1.82, 2.24) is 25.4 Å². The third-order valence-corrected chi connectivity index (χ3v) is 4.78. The van der Waals surface area contributed by atoms with Crippen LogP contribution >= 0.6 is 11.6 Å². The summed E-state index contributed by atoms with van der Waals surface area (Å²) in [5, 5.41) is 11.5. The molecule has 1 unspecified atom stereocenters. The molecule has 0 saturated heterocycles. The standard InChI is InChI=1S/C19H25ClF2N6O/c1-3-16-26-17-8-6-14(11-28(17)27-16)25-19(23-4-2)24-10-12-9-13(20)5-7-15(12)29-18(21)22/h5,7,9,14,18H,3-4,6,8,10-11H2,1-2H3,(H2,23,24,25). The van der Waals surface area contributed by atoms with Gasteiger partial charge in [0.2, 0.25) is 0 Å². The zero-order chi connectivity index (χ0) is 20.8. The summed E-state index contributed by atoms with van der Waals surface area (Å²) in [4.78, 5) is 9.06. The van der Waals surface area contributed by atoms with E-state index in [-0.39, 0.29) is 18.3 Å². The van der Waals surface area contributed by atoms with Gasteiger partial charge in [-0.15, -0.1) is 0 Å². The molecular formula is C19H25ClF2N6O. The van der Waals surface area contributed by atoms with Crippen molar-refractivity contribution in [2.75, 3.05) is 6.54 Å². The summed E-state index contributed by atoms with van der Waals surface area (Å²) in [6.45, 7) is 2.62. The quantitative estimate of drug-likeness (QED) is 0.525. The number of nitrogens with zero attached hydrogens (tertiary/aromatic N) is 4. The molecule has 2 N–H and O–H groups in total. The van der Waals surface area contributed by atoms with E-state index in [9.17, 15) is 8.78 Å². The summed E-state index contributed by atoms with van der Waals surface area (Å²) in [6, 6.07) is 4.67. The van der Waals surface area contributed by atoms with Gasteiger partial charge in [-0.25, -0.2) is 14.7 Å². The molecule has 0 aliphatic carbocycles. The first-order chi connectivity index (χ1) is 14.0. The third kappa shape index (κ3) is 5.79. The summed E-state index contributed by atoms with van der Waals surface area (Å²) in [7, 11) is 0. The number of nitrogens with one attached hydrogen (secondary N) is 2. The van der Waals surface area contributed by atoms with Gasteiger partial charge in [0.1, 0.15) is 11.6 Å². The van der Waals surface area contributed by atoms with Gasteiger partial charge in [-0.2, -0.15) is 13.9 Å². The lowest BCUT2D eigenvalue weighted by Crippen LogP contribution is -2.47. The van der Waals surface area contributed by atoms with E-state index in [4.69, 9.17) is 11.6 Å². The number of benzene rings is 1. The van der Waals surface area contributed by atoms with Crippen LogP contribution in [0.2, 0.25) is 5.02 Å². The molecular weight excluding hydrogens is 402 g/mol. The predicted molar refractivity (Wildman–Crippen MR) is 108 cm³/mol. The zero-order valence-electron chi connectivity index (χ0n) is 16.5. The monoisotopic (exact) mass is 426 g/mol. The summed E-state index contributed by atoms with van der Waals surface area (Å²) < 4.78 is 31.8. The summed E-state index contributed by atoms with van der Waals surface area (Å²) in [6.07, 6.45) is 2.55. The van der Waals surface area contributed by atoms with Gasteiger partial charge in [0.25, 0.3) is 0 Å². The molecule has 1 aromatic heterocycles. The highest BCUT2D eigenvalue weighted by molar-refractivity contribution is 6.30. The highest BCUT2D eigenvalue weighted by Gasteiger charge is 2.22. The highest BCUT2D eigenvalue weighted by Crippen LogP contribution is 2.25. The van der Waals surface area contributed by atoms with Crippen molar-refractivity contribution in [1.29, 1.82) is 0 Å². The van der Waals surface area contributed by atoms with Crippen LogP contribution in [0.5, 0.6) is 5.75 Å². The highest BCUT2D eigenvalue weighted by atomic mass is 35.5. The SMILES string of the molecule is CCNC(=NCc1cc(Cl)ccc1OC(F)F)NC1CCc2nc(CC)nn2C1. The minimum atomic E-state index is -2.91. The van der Waals surface area contributed by atoms with Gasteiger partial charge in [0.05, 0.1) is 13.1 Å². The number of halogens is 3. The molecule has 1 aromatic carbocycles. The Bertz CT molecular complexity index is 857. The molecule has 0 saturated carbocycles. The first-order valence-electron chi connectivity index (χ1n) is 9.69. The van der Waals surface area contributed by atoms with Gasteiger partial charge in [-0.05, 0) is 31.5 Å². The van der Waals surface area contributed by atoms with E-state index in [1.807, 2.05) is 18.5 Å². The van der Waals surface area contributed by atoms with Crippen LogP contribution in [-0.4, -0.2) is 39.9 Å². The number of alkyl halides is 2. The second kappa shape index (κ2) is 9.87. The van der Waals surface area contributed by atoms with Crippen LogP contribution in [0.3, 0.4) is 0 Å². The topological polar surface area (TPSA) is 76.4 Å². The average Bonchev–Trinajstić information content (AvgIpc) is 3.10. The minimum Gasteiger partial charge on any atom is -0.434 e. The lowest BCUT2D eigenvalue weighted by Gasteiger charge is -2.25. The second-order valence-corrected chi connectivity index (χ2v) is 7.12. The molecule has 0 fully saturated rings. The van der Waals surface area contributed by atoms with Gasteiger partial charge >= 0.3 is 6.61 Å². The Labute approximate surface area is 173 Å². The number of rotatable bonds is 7. The Kier molecular flexibility index (Phi) is 7.24. The molecule has 1 atom stereocenters. The van der Waals surface area contributed by atoms with E-state index in [0.717, 1.165) is 30.9 Å². The van der Waals surface area contributed by atoms with Crippen molar-refractivity contribution in [3.8, 4) is 5.75 Å². The number of hydrogen-bond donors (Lipinski definition) is 2. The number of guanidine groups is 1. The molecule has 0 amide bonds. The molecule has 1 aliphatic rings. The molecule has 2 heterocycles. The fourth-order valence-corrected chi connectivity index (χ4v) is 3.38. The fraction of sp³-hybridized carbons (Fsp3) is 0.526. The van der Waals surface area contributed by atoms with E-state index < -0.39 is 6.61 Å². The van der Waals surface area contributed by atoms with E-state index in [1.54, 1.807) is 6.07 Å². The van der Waals surface area contributed by atoms with Gasteiger partial charge in [0, 0.05) is 36.0 Å². The van der Waals surface area contributed by atoms with Crippen LogP contribution in [0.4, 0.5) is 8.78 Å². The number of fused-ring (bicyclic) bond motifs is 1. The van der Waals surface area contributed by atoms with Gasteiger partial charge < -0.3 is 15.4 Å². The van der Waals surface area contributed by atoms with E-state index in [2.05, 4.69) is 30.4 Å². The van der Waals surface area contributed by atoms with Crippen molar-refractivity contribution < 1.29 is 13.5 Å². The lowest BCUT2D eigenvalue weighted by molar-refractivity contribution is -0.0504. The maximum atomic E-state index is 12.6. The summed E-state index contributed by atoms with van der Waals surface area (Å²) in [5.74, 6) is 2.53. The number of aromatic nitrogens is 3. The molecule has 2 aromatic rings. The van der Waals surface area contributed by atoms with Crippen molar-refractivity contribution in [2.45, 2.75) is 58.9 Å². The van der Waals surface area contributed by atoms with Crippen LogP contribution in [0.25, 0.3) is 0 Å². The first-order valence-corrected chi connectivity index (χ1v) is 10.1. The van der Waals surface area contributed by atoms with E-state index in [1.165, 1.54) is 12.1 Å². The largest absolute Gasteiger partial charge is 0.434 e. The zero-order valence-corrected chi connectivity index (χ0v) is 17.2. The molecule has 10 heteroatoms. The molecule has 158 valence electrons. The van der Waals surface area contributed by atoms with Crippen LogP contribution in [0.1, 0.15) is 37.5 Å². The number of aliphatic imine (C=N–C) groups is 1. The van der Waals surface area contributed by atoms with Crippen LogP contribution < -0.4 is 15.4 Å². The predicted octanol–water partition coefficient (Wildman–Crippen LogP) is 3.17. The number of aryl methyl sites for hydroxylation is 2. The molecule has 0 radical (unpaired) electrons. The second-order valence-electron chi connectivity index (χ2n) is 6.69. The minimum absolute atomic E-state index is 0.0704. The van der Waals surface area contributed by atoms with Crippen molar-refractivity contribution in [2.24, 2.45) is 4.99 Å². The summed E-state index contributed by atoms with van der Waals surface area (Å²) in [5.41, 5.74) is 0.491. The lowest BCUT2D eigenvalue weighted by atomic mass is 10.1. The number of hydrogen-bond acceptors (Lipinski definition) is 4. The van der Waals surface area contributed by atoms with E-state index in [0.29, 0.717) is 29.6 Å². The molecule has 7 nitrogen and oxygen atoms in total. The van der Waals surface area contributed by atoms with Gasteiger partial charge in [-0.1, -0.05) is 18.5 Å². The van der Waals surface area contributed by atoms with Crippen molar-refractivity contribution in [3.05, 3.63) is 40.4 Å². The average molecular weight is 427 g/mol. The molecule has 29 heavy (non-hydrogen) atoms. The smallest absolute Gasteiger partial charge is 0.387 e. The Balaban J connectivity index is 1.70. The van der Waals surface area contributed by atoms with Gasteiger partial charge in [-0.3, -0.25) is 0 Å². The van der Waals surface area contributed by atoms with E-state index >= 15 is 0 Å². The molecule has 0 spiro atoms. The van der Waals surface area contributed by atoms with Crippen LogP contribution in [-0.2, 0) is 25.9 Å². The molecule has 0 bridgehead atoms. The first kappa shape index (κ1) is 21.3. The Morgan fingerprint density at radius 3 is 2.97 bits per heavy atom. The van der Waals surface area contributed by atoms with Crippen molar-refractivity contribution in [3.63, 3.8) is 0 Å². The third-order valence-electron chi connectivity index (χ3n) is 4.55. The number of ether oxygens (including phenoxy) is 1. The fourth-order valence-electron chi connectivity index (χ4n) is 3.19. The summed E-state index contributed by atoms with van der Waals surface area (Å²) >= 11 is 6.01. The van der Waals surface area contributed by atoms with Crippen LogP contribution in [0, 0.1) is 0 Å². The Morgan fingerprint density at radius 2 is 2.24 bits per heavy atom. The van der Waals surface area contributed by atoms with Crippen LogP contribution in [0.15, 0.2) is 23.2 Å². The molecule has 1 aliphatic heterocycles. The normalized spacial score (nSPS) is 16.6. The Morgan fingerprint density at radius 1 is 1.41 bits per heavy atom. The van der Waals surface area contributed by atoms with Crippen molar-refractivity contribution >= 4 is 17.6 Å². The van der Waals surface area contributed by atoms with Gasteiger partial charge in [0.15, 0.2) is 11.8 Å². The Hall–Kier alpha value is -2.42. The maximum absolute atomic E-state index is 12.6. The molecule has 3 rings (SSSR count).